The smallest absolute Gasteiger partial charge is 0.222 e. The van der Waals surface area contributed by atoms with E-state index in [-0.39, 0.29) is 5.91 Å². The van der Waals surface area contributed by atoms with E-state index in [4.69, 9.17) is 5.73 Å². The van der Waals surface area contributed by atoms with Gasteiger partial charge in [-0.2, -0.15) is 0 Å². The molecule has 0 saturated carbocycles. The van der Waals surface area contributed by atoms with Crippen molar-refractivity contribution in [3.63, 3.8) is 0 Å². The van der Waals surface area contributed by atoms with Gasteiger partial charge in [0.25, 0.3) is 0 Å². The number of amides is 1. The largest absolute Gasteiger partial charge is 0.341 e. The zero-order chi connectivity index (χ0) is 10.1. The quantitative estimate of drug-likeness (QED) is 0.653. The van der Waals surface area contributed by atoms with Crippen LogP contribution in [0.25, 0.3) is 0 Å². The fourth-order valence-electron chi connectivity index (χ4n) is 1.27. The molecule has 0 unspecified atom stereocenters. The van der Waals surface area contributed by atoms with Crippen molar-refractivity contribution < 1.29 is 4.79 Å². The summed E-state index contributed by atoms with van der Waals surface area (Å²) in [6, 6.07) is 0. The lowest BCUT2D eigenvalue weighted by Gasteiger charge is -2.21. The van der Waals surface area contributed by atoms with Crippen LogP contribution in [-0.2, 0) is 4.79 Å². The van der Waals surface area contributed by atoms with Crippen LogP contribution < -0.4 is 5.73 Å². The molecular formula is C10H22N2O. The molecule has 0 radical (unpaired) electrons. The number of carbonyl (C=O) groups excluding carboxylic acids is 1. The lowest BCUT2D eigenvalue weighted by molar-refractivity contribution is -0.131. The summed E-state index contributed by atoms with van der Waals surface area (Å²) in [5.41, 5.74) is 5.43. The van der Waals surface area contributed by atoms with Gasteiger partial charge in [0, 0.05) is 26.1 Å². The average molecular weight is 186 g/mol. The van der Waals surface area contributed by atoms with Crippen molar-refractivity contribution in [2.24, 2.45) is 5.73 Å². The summed E-state index contributed by atoms with van der Waals surface area (Å²) >= 11 is 0. The SMILES string of the molecule is CCCCC(=O)N(CCC)CCN. The van der Waals surface area contributed by atoms with Gasteiger partial charge in [0.2, 0.25) is 5.91 Å². The van der Waals surface area contributed by atoms with E-state index in [1.54, 1.807) is 0 Å². The summed E-state index contributed by atoms with van der Waals surface area (Å²) in [5.74, 6) is 0.258. The summed E-state index contributed by atoms with van der Waals surface area (Å²) in [4.78, 5) is 13.4. The van der Waals surface area contributed by atoms with Crippen LogP contribution in [0, 0.1) is 0 Å². The highest BCUT2D eigenvalue weighted by atomic mass is 16.2. The van der Waals surface area contributed by atoms with Gasteiger partial charge < -0.3 is 10.6 Å². The maximum atomic E-state index is 11.6. The van der Waals surface area contributed by atoms with Gasteiger partial charge in [-0.1, -0.05) is 20.3 Å². The van der Waals surface area contributed by atoms with Crippen LogP contribution in [0.1, 0.15) is 39.5 Å². The second-order valence-corrected chi connectivity index (χ2v) is 3.27. The van der Waals surface area contributed by atoms with Gasteiger partial charge >= 0.3 is 0 Å². The van der Waals surface area contributed by atoms with E-state index in [0.29, 0.717) is 19.5 Å². The minimum atomic E-state index is 0.258. The Balaban J connectivity index is 3.80. The summed E-state index contributed by atoms with van der Waals surface area (Å²) in [7, 11) is 0. The Hall–Kier alpha value is -0.570. The van der Waals surface area contributed by atoms with E-state index < -0.39 is 0 Å². The summed E-state index contributed by atoms with van der Waals surface area (Å²) in [5, 5.41) is 0. The number of nitrogens with zero attached hydrogens (tertiary/aromatic N) is 1. The van der Waals surface area contributed by atoms with Crippen molar-refractivity contribution in [3.05, 3.63) is 0 Å². The summed E-state index contributed by atoms with van der Waals surface area (Å²) in [6.07, 6.45) is 3.76. The van der Waals surface area contributed by atoms with Crippen LogP contribution in [0.15, 0.2) is 0 Å². The van der Waals surface area contributed by atoms with Gasteiger partial charge in [0.15, 0.2) is 0 Å². The zero-order valence-electron chi connectivity index (χ0n) is 8.88. The third-order valence-electron chi connectivity index (χ3n) is 1.99. The van der Waals surface area contributed by atoms with E-state index in [2.05, 4.69) is 13.8 Å². The average Bonchev–Trinajstić information content (AvgIpc) is 2.14. The van der Waals surface area contributed by atoms with Gasteiger partial charge in [-0.05, 0) is 12.8 Å². The van der Waals surface area contributed by atoms with E-state index in [1.165, 1.54) is 0 Å². The molecular weight excluding hydrogens is 164 g/mol. The van der Waals surface area contributed by atoms with E-state index >= 15 is 0 Å². The van der Waals surface area contributed by atoms with Crippen LogP contribution in [0.2, 0.25) is 0 Å². The summed E-state index contributed by atoms with van der Waals surface area (Å²) < 4.78 is 0. The standard InChI is InChI=1S/C10H22N2O/c1-3-5-6-10(13)12(8-4-2)9-7-11/h3-9,11H2,1-2H3. The number of unbranched alkanes of at least 4 members (excludes halogenated alkanes) is 1. The van der Waals surface area contributed by atoms with Crippen molar-refractivity contribution in [1.29, 1.82) is 0 Å². The highest BCUT2D eigenvalue weighted by Crippen LogP contribution is 2.01. The number of hydrogen-bond donors (Lipinski definition) is 1. The van der Waals surface area contributed by atoms with Gasteiger partial charge in [-0.15, -0.1) is 0 Å². The highest BCUT2D eigenvalue weighted by Gasteiger charge is 2.09. The third kappa shape index (κ3) is 5.64. The van der Waals surface area contributed by atoms with Gasteiger partial charge in [0.1, 0.15) is 0 Å². The van der Waals surface area contributed by atoms with Crippen LogP contribution in [0.4, 0.5) is 0 Å². The monoisotopic (exact) mass is 186 g/mol. The lowest BCUT2D eigenvalue weighted by atomic mass is 10.2. The Kier molecular flexibility index (Phi) is 7.69. The maximum Gasteiger partial charge on any atom is 0.222 e. The first-order valence-corrected chi connectivity index (χ1v) is 5.24. The second kappa shape index (κ2) is 8.05. The molecule has 0 aromatic rings. The summed E-state index contributed by atoms with van der Waals surface area (Å²) in [6.45, 7) is 6.30. The van der Waals surface area contributed by atoms with Crippen molar-refractivity contribution >= 4 is 5.91 Å². The predicted molar refractivity (Wildman–Crippen MR) is 55.5 cm³/mol. The Bertz CT molecular complexity index is 131. The Labute approximate surface area is 81.3 Å². The third-order valence-corrected chi connectivity index (χ3v) is 1.99. The molecule has 0 rings (SSSR count). The normalized spacial score (nSPS) is 10.1. The molecule has 0 saturated heterocycles. The number of hydrogen-bond acceptors (Lipinski definition) is 2. The zero-order valence-corrected chi connectivity index (χ0v) is 8.88. The molecule has 0 aliphatic carbocycles. The van der Waals surface area contributed by atoms with E-state index in [9.17, 15) is 4.79 Å². The molecule has 0 aromatic carbocycles. The Morgan fingerprint density at radius 2 is 1.92 bits per heavy atom. The molecule has 0 aliphatic rings. The fraction of sp³-hybridized carbons (Fsp3) is 0.900. The topological polar surface area (TPSA) is 46.3 Å². The van der Waals surface area contributed by atoms with E-state index in [1.807, 2.05) is 4.90 Å². The highest BCUT2D eigenvalue weighted by molar-refractivity contribution is 5.76. The molecule has 0 aliphatic heterocycles. The Morgan fingerprint density at radius 3 is 2.38 bits per heavy atom. The molecule has 0 aromatic heterocycles. The minimum absolute atomic E-state index is 0.258. The molecule has 78 valence electrons. The molecule has 0 atom stereocenters. The number of rotatable bonds is 7. The Morgan fingerprint density at radius 1 is 1.23 bits per heavy atom. The first kappa shape index (κ1) is 12.4. The van der Waals surface area contributed by atoms with Crippen LogP contribution >= 0.6 is 0 Å². The van der Waals surface area contributed by atoms with Crippen LogP contribution in [-0.4, -0.2) is 30.4 Å². The first-order valence-electron chi connectivity index (χ1n) is 5.24. The molecule has 0 bridgehead atoms. The van der Waals surface area contributed by atoms with Gasteiger partial charge in [0.05, 0.1) is 0 Å². The number of nitrogens with two attached hydrogens (primary N) is 1. The lowest BCUT2D eigenvalue weighted by Crippen LogP contribution is -2.35. The maximum absolute atomic E-state index is 11.6. The van der Waals surface area contributed by atoms with Gasteiger partial charge in [-0.25, -0.2) is 0 Å². The van der Waals surface area contributed by atoms with Crippen molar-refractivity contribution in [2.45, 2.75) is 39.5 Å². The molecule has 2 N–H and O–H groups in total. The van der Waals surface area contributed by atoms with Crippen LogP contribution in [0.3, 0.4) is 0 Å². The molecule has 3 nitrogen and oxygen atoms in total. The second-order valence-electron chi connectivity index (χ2n) is 3.27. The van der Waals surface area contributed by atoms with Gasteiger partial charge in [-0.3, -0.25) is 4.79 Å². The van der Waals surface area contributed by atoms with E-state index in [0.717, 1.165) is 25.8 Å². The molecule has 0 spiro atoms. The fourth-order valence-corrected chi connectivity index (χ4v) is 1.27. The predicted octanol–water partition coefficient (Wildman–Crippen LogP) is 1.37. The molecule has 13 heavy (non-hydrogen) atoms. The van der Waals surface area contributed by atoms with Crippen molar-refractivity contribution in [3.8, 4) is 0 Å². The molecule has 0 fully saturated rings. The van der Waals surface area contributed by atoms with Crippen molar-refractivity contribution in [1.82, 2.24) is 4.90 Å². The molecule has 0 heterocycles. The minimum Gasteiger partial charge on any atom is -0.341 e. The molecule has 1 amide bonds. The molecule has 3 heteroatoms. The van der Waals surface area contributed by atoms with Crippen molar-refractivity contribution in [2.75, 3.05) is 19.6 Å². The first-order chi connectivity index (χ1) is 6.26. The van der Waals surface area contributed by atoms with Crippen LogP contribution in [0.5, 0.6) is 0 Å². The number of carbonyl (C=O) groups is 1.